The van der Waals surface area contributed by atoms with Gasteiger partial charge in [-0.15, -0.1) is 0 Å². The number of rotatable bonds is 11. The highest BCUT2D eigenvalue weighted by atomic mass is 14.7. The molecule has 3 heterocycles. The Morgan fingerprint density at radius 2 is 0.554 bits per heavy atom. The first-order valence-electron chi connectivity index (χ1n) is 25.2. The van der Waals surface area contributed by atoms with Crippen molar-refractivity contribution in [3.8, 4) is 123 Å². The third-order valence-electron chi connectivity index (χ3n) is 14.0. The first kappa shape index (κ1) is 45.6. The van der Waals surface area contributed by atoms with Crippen LogP contribution in [0.2, 0.25) is 0 Å². The summed E-state index contributed by atoms with van der Waals surface area (Å²) in [4.78, 5) is 14.2. The second-order valence-electron chi connectivity index (χ2n) is 19.0. The largest absolute Gasteiger partial charge is 0.256 e. The molecule has 0 aliphatic heterocycles. The molecule has 0 N–H and O–H groups in total. The quantitative estimate of drug-likeness (QED) is 0.130. The molecule has 74 heavy (non-hydrogen) atoms. The Hall–Kier alpha value is -9.57. The lowest BCUT2D eigenvalue weighted by atomic mass is 9.84. The maximum Gasteiger partial charge on any atom is 0.0702 e. The number of pyridine rings is 3. The number of hydrogen-bond donors (Lipinski definition) is 0. The molecule has 9 aromatic carbocycles. The van der Waals surface area contributed by atoms with E-state index in [0.717, 1.165) is 123 Å². The monoisotopic (exact) mass is 945 g/mol. The predicted octanol–water partition coefficient (Wildman–Crippen LogP) is 18.8. The molecule has 0 aliphatic carbocycles. The van der Waals surface area contributed by atoms with E-state index in [0.29, 0.717) is 0 Å². The van der Waals surface area contributed by atoms with Gasteiger partial charge >= 0.3 is 0 Å². The minimum absolute atomic E-state index is 0.937. The van der Waals surface area contributed by atoms with Crippen molar-refractivity contribution in [2.24, 2.45) is 0 Å². The topological polar surface area (TPSA) is 38.7 Å². The fourth-order valence-electron chi connectivity index (χ4n) is 10.1. The summed E-state index contributed by atoms with van der Waals surface area (Å²) in [6.07, 6.45) is 5.72. The molecule has 3 nitrogen and oxygen atoms in total. The fraction of sp³-hybridized carbons (Fsp3) is 0.0282. The first-order valence-corrected chi connectivity index (χ1v) is 25.2. The van der Waals surface area contributed by atoms with Crippen LogP contribution < -0.4 is 0 Å². The van der Waals surface area contributed by atoms with Crippen molar-refractivity contribution in [2.75, 3.05) is 0 Å². The Bertz CT molecular complexity index is 3750. The molecule has 0 bridgehead atoms. The summed E-state index contributed by atoms with van der Waals surface area (Å²) in [7, 11) is 0. The maximum absolute atomic E-state index is 4.78. The third kappa shape index (κ3) is 9.39. The molecule has 0 saturated heterocycles. The van der Waals surface area contributed by atoms with Gasteiger partial charge in [-0.1, -0.05) is 206 Å². The molecule has 0 aliphatic rings. The minimum Gasteiger partial charge on any atom is -0.256 e. The normalized spacial score (nSPS) is 11.1. The number of benzene rings is 9. The highest BCUT2D eigenvalue weighted by Crippen LogP contribution is 2.45. The highest BCUT2D eigenvalue weighted by Gasteiger charge is 2.19. The lowest BCUT2D eigenvalue weighted by Crippen LogP contribution is -1.94. The molecule has 3 heteroatoms. The zero-order chi connectivity index (χ0) is 49.8. The van der Waals surface area contributed by atoms with Crippen molar-refractivity contribution < 1.29 is 0 Å². The molecule has 350 valence electrons. The van der Waals surface area contributed by atoms with E-state index in [1.54, 1.807) is 0 Å². The van der Waals surface area contributed by atoms with E-state index in [1.165, 1.54) is 11.1 Å². The molecule has 12 aromatic rings. The van der Waals surface area contributed by atoms with Crippen LogP contribution in [-0.2, 0) is 0 Å². The second kappa shape index (κ2) is 20.3. The van der Waals surface area contributed by atoms with Gasteiger partial charge in [-0.05, 0) is 163 Å². The van der Waals surface area contributed by atoms with E-state index >= 15 is 0 Å². The lowest BCUT2D eigenvalue weighted by molar-refractivity contribution is 1.27. The second-order valence-corrected chi connectivity index (χ2v) is 19.0. The van der Waals surface area contributed by atoms with Crippen molar-refractivity contribution in [2.45, 2.75) is 13.8 Å². The SMILES string of the molecule is Cc1ccc(-c2ccc(-c3ccccc3-c3cc(-c4ccccc4-c4ccc(-c5ccc(C)cn5)cc4)cc(-c4ccccc4-c4ccc(-c5ccccn5)cc4-c4ccc(-c5ccccc5)cc4)c3)cc2)nc1. The molecule has 0 unspecified atom stereocenters. The van der Waals surface area contributed by atoms with Crippen molar-refractivity contribution in [1.82, 2.24) is 15.0 Å². The zero-order valence-electron chi connectivity index (χ0n) is 41.3. The Morgan fingerprint density at radius 1 is 0.203 bits per heavy atom. The van der Waals surface area contributed by atoms with Crippen LogP contribution in [0.4, 0.5) is 0 Å². The van der Waals surface area contributed by atoms with E-state index in [1.807, 2.05) is 24.7 Å². The predicted molar refractivity (Wildman–Crippen MR) is 309 cm³/mol. The molecule has 0 saturated carbocycles. The molecule has 0 spiro atoms. The molecular formula is C71H51N3. The number of aryl methyl sites for hydroxylation is 2. The first-order chi connectivity index (χ1) is 36.5. The average Bonchev–Trinajstić information content (AvgIpc) is 3.48. The van der Waals surface area contributed by atoms with Gasteiger partial charge in [-0.2, -0.15) is 0 Å². The smallest absolute Gasteiger partial charge is 0.0702 e. The number of aromatic nitrogens is 3. The van der Waals surface area contributed by atoms with Gasteiger partial charge in [0.15, 0.2) is 0 Å². The van der Waals surface area contributed by atoms with Crippen LogP contribution in [0.15, 0.2) is 273 Å². The summed E-state index contributed by atoms with van der Waals surface area (Å²) in [5, 5.41) is 0. The fourth-order valence-corrected chi connectivity index (χ4v) is 10.1. The third-order valence-corrected chi connectivity index (χ3v) is 14.0. The highest BCUT2D eigenvalue weighted by molar-refractivity contribution is 5.97. The van der Waals surface area contributed by atoms with Crippen molar-refractivity contribution in [3.05, 3.63) is 285 Å². The van der Waals surface area contributed by atoms with Gasteiger partial charge in [0.25, 0.3) is 0 Å². The number of nitrogens with zero attached hydrogens (tertiary/aromatic N) is 3. The zero-order valence-corrected chi connectivity index (χ0v) is 41.3. The molecule has 3 aromatic heterocycles. The van der Waals surface area contributed by atoms with E-state index in [9.17, 15) is 0 Å². The summed E-state index contributed by atoms with van der Waals surface area (Å²) in [6, 6.07) is 92.1. The summed E-state index contributed by atoms with van der Waals surface area (Å²) in [5.74, 6) is 0. The van der Waals surface area contributed by atoms with Crippen molar-refractivity contribution in [3.63, 3.8) is 0 Å². The van der Waals surface area contributed by atoms with Gasteiger partial charge in [0.05, 0.1) is 17.1 Å². The Balaban J connectivity index is 1.03. The molecular weight excluding hydrogens is 895 g/mol. The molecule has 0 atom stereocenters. The van der Waals surface area contributed by atoms with Gasteiger partial charge in [0.2, 0.25) is 0 Å². The van der Waals surface area contributed by atoms with Crippen LogP contribution in [0, 0.1) is 13.8 Å². The van der Waals surface area contributed by atoms with Gasteiger partial charge in [-0.25, -0.2) is 0 Å². The van der Waals surface area contributed by atoms with Crippen LogP contribution in [0.5, 0.6) is 0 Å². The van der Waals surface area contributed by atoms with Crippen molar-refractivity contribution >= 4 is 0 Å². The lowest BCUT2D eigenvalue weighted by Gasteiger charge is -2.19. The molecule has 0 radical (unpaired) electrons. The van der Waals surface area contributed by atoms with Crippen LogP contribution >= 0.6 is 0 Å². The van der Waals surface area contributed by atoms with E-state index in [-0.39, 0.29) is 0 Å². The van der Waals surface area contributed by atoms with E-state index in [4.69, 9.17) is 15.0 Å². The standard InChI is InChI=1S/C71H51N3/c1-48-23-39-70(73-46-48)55-33-29-52(30-34-55)61-16-6-8-18-63(61)58-42-59(64-19-9-7-17-62(64)53-31-35-56(36-32-53)71-40-24-49(2)47-74-71)44-60(43-58)65-20-10-11-21-66(65)67-38-37-57(69-22-12-13-41-72-69)45-68(67)54-27-25-51(26-28-54)50-14-4-3-5-15-50/h3-47H,1-2H3. The summed E-state index contributed by atoms with van der Waals surface area (Å²) >= 11 is 0. The van der Waals surface area contributed by atoms with Crippen LogP contribution in [-0.4, -0.2) is 15.0 Å². The van der Waals surface area contributed by atoms with Crippen LogP contribution in [0.3, 0.4) is 0 Å². The van der Waals surface area contributed by atoms with Crippen molar-refractivity contribution in [1.29, 1.82) is 0 Å². The van der Waals surface area contributed by atoms with Gasteiger partial charge in [0.1, 0.15) is 0 Å². The number of hydrogen-bond acceptors (Lipinski definition) is 3. The summed E-state index contributed by atoms with van der Waals surface area (Å²) in [5.41, 5.74) is 26.8. The van der Waals surface area contributed by atoms with Gasteiger partial charge in [-0.3, -0.25) is 15.0 Å². The van der Waals surface area contributed by atoms with Crippen LogP contribution in [0.25, 0.3) is 123 Å². The summed E-state index contributed by atoms with van der Waals surface area (Å²) in [6.45, 7) is 4.14. The van der Waals surface area contributed by atoms with Crippen LogP contribution in [0.1, 0.15) is 11.1 Å². The van der Waals surface area contributed by atoms with E-state index in [2.05, 4.69) is 263 Å². The van der Waals surface area contributed by atoms with E-state index < -0.39 is 0 Å². The maximum atomic E-state index is 4.78. The molecule has 12 rings (SSSR count). The van der Waals surface area contributed by atoms with Gasteiger partial charge < -0.3 is 0 Å². The van der Waals surface area contributed by atoms with Gasteiger partial charge in [0, 0.05) is 35.3 Å². The Labute approximate surface area is 433 Å². The average molecular weight is 946 g/mol. The Morgan fingerprint density at radius 3 is 1.01 bits per heavy atom. The Kier molecular flexibility index (Phi) is 12.5. The minimum atomic E-state index is 0.937. The molecule has 0 amide bonds. The summed E-state index contributed by atoms with van der Waals surface area (Å²) < 4.78 is 0. The molecule has 0 fully saturated rings.